The van der Waals surface area contributed by atoms with Crippen molar-refractivity contribution in [2.24, 2.45) is 0 Å². The molecule has 3 aromatic heterocycles. The van der Waals surface area contributed by atoms with E-state index in [0.717, 1.165) is 11.1 Å². The molecule has 11 heteroatoms. The fourth-order valence-electron chi connectivity index (χ4n) is 3.18. The summed E-state index contributed by atoms with van der Waals surface area (Å²) in [5, 5.41) is 8.03. The number of rotatable bonds is 8. The summed E-state index contributed by atoms with van der Waals surface area (Å²) in [5.41, 5.74) is 3.02. The largest absolute Gasteiger partial charge is 0.573 e. The Morgan fingerprint density at radius 2 is 1.94 bits per heavy atom. The lowest BCUT2D eigenvalue weighted by Crippen LogP contribution is -2.22. The van der Waals surface area contributed by atoms with Crippen molar-refractivity contribution >= 4 is 17.2 Å². The normalized spacial score (nSPS) is 11.4. The Kier molecular flexibility index (Phi) is 6.92. The first-order valence-electron chi connectivity index (χ1n) is 10.3. The van der Waals surface area contributed by atoms with Crippen molar-refractivity contribution in [3.8, 4) is 16.5 Å². The Balaban J connectivity index is 1.35. The van der Waals surface area contributed by atoms with Crippen LogP contribution in [0.15, 0.2) is 61.1 Å². The number of carbonyl (C=O) groups excluding carboxylic acids is 1. The zero-order valence-electron chi connectivity index (χ0n) is 18.0. The molecule has 34 heavy (non-hydrogen) atoms. The molecule has 0 saturated heterocycles. The van der Waals surface area contributed by atoms with Crippen LogP contribution in [-0.4, -0.2) is 32.0 Å². The molecule has 0 atom stereocenters. The summed E-state index contributed by atoms with van der Waals surface area (Å²) >= 11 is 1.27. The van der Waals surface area contributed by atoms with E-state index in [1.54, 1.807) is 42.3 Å². The van der Waals surface area contributed by atoms with Gasteiger partial charge in [0, 0.05) is 31.7 Å². The summed E-state index contributed by atoms with van der Waals surface area (Å²) < 4.78 is 42.4. The van der Waals surface area contributed by atoms with Gasteiger partial charge in [-0.25, -0.2) is 4.98 Å². The lowest BCUT2D eigenvalue weighted by Gasteiger charge is -2.09. The zero-order chi connectivity index (χ0) is 24.1. The topological polar surface area (TPSA) is 81.9 Å². The van der Waals surface area contributed by atoms with E-state index in [1.807, 2.05) is 18.2 Å². The van der Waals surface area contributed by atoms with E-state index in [1.165, 1.54) is 23.5 Å². The summed E-state index contributed by atoms with van der Waals surface area (Å²) in [6, 6.07) is 11.3. The van der Waals surface area contributed by atoms with Crippen molar-refractivity contribution in [2.45, 2.75) is 32.8 Å². The maximum Gasteiger partial charge on any atom is 0.573 e. The van der Waals surface area contributed by atoms with E-state index in [-0.39, 0.29) is 11.7 Å². The van der Waals surface area contributed by atoms with Gasteiger partial charge < -0.3 is 10.1 Å². The molecule has 0 fully saturated rings. The SMILES string of the molecule is Cc1nc(-c2ccn(CCc3ccc(OC(F)(F)F)cc3)n2)sc1C(=O)NCc1cccnc1. The number of benzene rings is 1. The highest BCUT2D eigenvalue weighted by atomic mass is 32.1. The Morgan fingerprint density at radius 3 is 2.65 bits per heavy atom. The Hall–Kier alpha value is -3.73. The second-order valence-corrected chi connectivity index (χ2v) is 8.38. The molecule has 0 aliphatic heterocycles. The standard InChI is InChI=1S/C23H20F3N5O2S/c1-15-20(21(32)28-14-17-3-2-10-27-13-17)34-22(29-15)19-9-12-31(30-19)11-8-16-4-6-18(7-5-16)33-23(24,25)26/h2-7,9-10,12-13H,8,11,14H2,1H3,(H,28,32). The number of ether oxygens (including phenoxy) is 1. The van der Waals surface area contributed by atoms with Gasteiger partial charge in [0.15, 0.2) is 0 Å². The van der Waals surface area contributed by atoms with Gasteiger partial charge in [0.05, 0.1) is 5.69 Å². The van der Waals surface area contributed by atoms with Crippen molar-refractivity contribution in [1.82, 2.24) is 25.1 Å². The van der Waals surface area contributed by atoms with E-state index >= 15 is 0 Å². The molecule has 0 saturated carbocycles. The molecule has 0 aliphatic rings. The number of alkyl halides is 3. The second kappa shape index (κ2) is 10.0. The minimum Gasteiger partial charge on any atom is -0.406 e. The highest BCUT2D eigenvalue weighted by molar-refractivity contribution is 7.17. The number of nitrogens with zero attached hydrogens (tertiary/aromatic N) is 4. The van der Waals surface area contributed by atoms with Gasteiger partial charge in [-0.3, -0.25) is 14.5 Å². The van der Waals surface area contributed by atoms with Crippen LogP contribution >= 0.6 is 11.3 Å². The van der Waals surface area contributed by atoms with Gasteiger partial charge in [-0.15, -0.1) is 24.5 Å². The number of nitrogens with one attached hydrogen (secondary N) is 1. The molecule has 1 aromatic carbocycles. The van der Waals surface area contributed by atoms with Gasteiger partial charge in [0.2, 0.25) is 0 Å². The number of aromatic nitrogens is 4. The van der Waals surface area contributed by atoms with E-state index in [0.29, 0.717) is 40.8 Å². The van der Waals surface area contributed by atoms with Gasteiger partial charge >= 0.3 is 6.36 Å². The molecule has 0 radical (unpaired) electrons. The van der Waals surface area contributed by atoms with Gasteiger partial charge in [-0.05, 0) is 48.7 Å². The predicted octanol–water partition coefficient (Wildman–Crippen LogP) is 4.78. The predicted molar refractivity (Wildman–Crippen MR) is 120 cm³/mol. The molecule has 4 aromatic rings. The van der Waals surface area contributed by atoms with Crippen molar-refractivity contribution in [3.05, 3.63) is 82.8 Å². The minimum atomic E-state index is -4.71. The number of carbonyl (C=O) groups is 1. The number of pyridine rings is 1. The number of halogens is 3. The first-order valence-corrected chi connectivity index (χ1v) is 11.1. The highest BCUT2D eigenvalue weighted by Crippen LogP contribution is 2.27. The van der Waals surface area contributed by atoms with Crippen LogP contribution in [0.4, 0.5) is 13.2 Å². The van der Waals surface area contributed by atoms with Crippen molar-refractivity contribution in [1.29, 1.82) is 0 Å². The molecule has 3 heterocycles. The third-order valence-electron chi connectivity index (χ3n) is 4.82. The molecular weight excluding hydrogens is 467 g/mol. The van der Waals surface area contributed by atoms with Gasteiger partial charge in [0.25, 0.3) is 5.91 Å². The number of aryl methyl sites for hydroxylation is 3. The van der Waals surface area contributed by atoms with E-state index in [2.05, 4.69) is 25.1 Å². The smallest absolute Gasteiger partial charge is 0.406 e. The summed E-state index contributed by atoms with van der Waals surface area (Å²) in [7, 11) is 0. The zero-order valence-corrected chi connectivity index (χ0v) is 18.9. The molecule has 1 N–H and O–H groups in total. The van der Waals surface area contributed by atoms with Crippen molar-refractivity contribution < 1.29 is 22.7 Å². The lowest BCUT2D eigenvalue weighted by atomic mass is 10.1. The molecule has 0 aliphatic carbocycles. The molecule has 0 bridgehead atoms. The summed E-state index contributed by atoms with van der Waals surface area (Å²) in [6.45, 7) is 2.68. The highest BCUT2D eigenvalue weighted by Gasteiger charge is 2.30. The second-order valence-electron chi connectivity index (χ2n) is 7.38. The molecule has 1 amide bonds. The lowest BCUT2D eigenvalue weighted by molar-refractivity contribution is -0.274. The number of hydrogen-bond acceptors (Lipinski definition) is 6. The van der Waals surface area contributed by atoms with Crippen LogP contribution in [-0.2, 0) is 19.5 Å². The molecule has 4 rings (SSSR count). The summed E-state index contributed by atoms with van der Waals surface area (Å²) in [5.74, 6) is -0.459. The van der Waals surface area contributed by atoms with E-state index in [4.69, 9.17) is 0 Å². The molecule has 0 spiro atoms. The van der Waals surface area contributed by atoms with Crippen LogP contribution in [0, 0.1) is 6.92 Å². The van der Waals surface area contributed by atoms with Crippen LogP contribution in [0.2, 0.25) is 0 Å². The quantitative estimate of drug-likeness (QED) is 0.387. The molecular formula is C23H20F3N5O2S. The van der Waals surface area contributed by atoms with Crippen molar-refractivity contribution in [2.75, 3.05) is 0 Å². The van der Waals surface area contributed by atoms with Crippen LogP contribution in [0.3, 0.4) is 0 Å². The van der Waals surface area contributed by atoms with Gasteiger partial charge in [-0.1, -0.05) is 18.2 Å². The Labute approximate surface area is 197 Å². The molecule has 0 unspecified atom stereocenters. The third-order valence-corrected chi connectivity index (χ3v) is 6.00. The monoisotopic (exact) mass is 487 g/mol. The summed E-state index contributed by atoms with van der Waals surface area (Å²) in [6.07, 6.45) is 1.04. The maximum absolute atomic E-state index is 12.6. The number of thiazole rings is 1. The van der Waals surface area contributed by atoms with Crippen LogP contribution in [0.5, 0.6) is 5.75 Å². The first-order chi connectivity index (χ1) is 16.3. The van der Waals surface area contributed by atoms with Gasteiger partial charge in [-0.2, -0.15) is 5.10 Å². The maximum atomic E-state index is 12.6. The number of hydrogen-bond donors (Lipinski definition) is 1. The fourth-order valence-corrected chi connectivity index (χ4v) is 4.13. The van der Waals surface area contributed by atoms with Crippen LogP contribution in [0.1, 0.15) is 26.5 Å². The first kappa shape index (κ1) is 23.4. The average Bonchev–Trinajstić information content (AvgIpc) is 3.43. The Morgan fingerprint density at radius 1 is 1.15 bits per heavy atom. The van der Waals surface area contributed by atoms with Crippen LogP contribution < -0.4 is 10.1 Å². The third kappa shape index (κ3) is 6.19. The molecule has 7 nitrogen and oxygen atoms in total. The average molecular weight is 488 g/mol. The number of amides is 1. The molecule has 176 valence electrons. The minimum absolute atomic E-state index is 0.206. The Bertz CT molecular complexity index is 1250. The van der Waals surface area contributed by atoms with E-state index < -0.39 is 6.36 Å². The van der Waals surface area contributed by atoms with Crippen molar-refractivity contribution in [3.63, 3.8) is 0 Å². The fraction of sp³-hybridized carbons (Fsp3) is 0.217. The van der Waals surface area contributed by atoms with Gasteiger partial charge in [0.1, 0.15) is 21.3 Å². The van der Waals surface area contributed by atoms with E-state index in [9.17, 15) is 18.0 Å². The summed E-state index contributed by atoms with van der Waals surface area (Å²) in [4.78, 5) is 21.6. The van der Waals surface area contributed by atoms with Crippen LogP contribution in [0.25, 0.3) is 10.7 Å².